The Bertz CT molecular complexity index is 884. The minimum atomic E-state index is -0.0913. The third-order valence-electron chi connectivity index (χ3n) is 3.55. The molecule has 0 atom stereocenters. The van der Waals surface area contributed by atoms with Crippen molar-refractivity contribution in [3.8, 4) is 21.8 Å². The predicted octanol–water partition coefficient (Wildman–Crippen LogP) is 4.05. The molecule has 0 unspecified atom stereocenters. The zero-order valence-electron chi connectivity index (χ0n) is 14.0. The SMILES string of the molecule is CCNc1nc(-c2ccccc2)c(-c2ccc(=O)n(C(C)C)n2)s1. The second kappa shape index (κ2) is 6.97. The van der Waals surface area contributed by atoms with Gasteiger partial charge in [-0.3, -0.25) is 4.79 Å². The quantitative estimate of drug-likeness (QED) is 0.761. The molecule has 6 heteroatoms. The molecule has 124 valence electrons. The van der Waals surface area contributed by atoms with E-state index >= 15 is 0 Å². The van der Waals surface area contributed by atoms with E-state index in [0.717, 1.165) is 33.5 Å². The first-order valence-electron chi connectivity index (χ1n) is 8.00. The third-order valence-corrected chi connectivity index (χ3v) is 4.58. The highest BCUT2D eigenvalue weighted by Gasteiger charge is 2.17. The largest absolute Gasteiger partial charge is 0.362 e. The Morgan fingerprint density at radius 3 is 2.58 bits per heavy atom. The van der Waals surface area contributed by atoms with Crippen molar-refractivity contribution in [2.24, 2.45) is 0 Å². The highest BCUT2D eigenvalue weighted by Crippen LogP contribution is 2.37. The molecule has 2 heterocycles. The molecule has 0 aliphatic carbocycles. The van der Waals surface area contributed by atoms with Gasteiger partial charge < -0.3 is 5.32 Å². The third kappa shape index (κ3) is 3.23. The summed E-state index contributed by atoms with van der Waals surface area (Å²) in [6, 6.07) is 13.4. The Hall–Kier alpha value is -2.47. The normalized spacial score (nSPS) is 11.0. The zero-order chi connectivity index (χ0) is 17.1. The number of rotatable bonds is 5. The summed E-state index contributed by atoms with van der Waals surface area (Å²) in [7, 11) is 0. The zero-order valence-corrected chi connectivity index (χ0v) is 14.8. The molecule has 0 amide bonds. The number of thiazole rings is 1. The van der Waals surface area contributed by atoms with E-state index in [1.807, 2.05) is 51.1 Å². The van der Waals surface area contributed by atoms with E-state index in [1.54, 1.807) is 23.5 Å². The van der Waals surface area contributed by atoms with E-state index < -0.39 is 0 Å². The lowest BCUT2D eigenvalue weighted by Crippen LogP contribution is -2.23. The van der Waals surface area contributed by atoms with E-state index in [4.69, 9.17) is 4.98 Å². The number of hydrogen-bond acceptors (Lipinski definition) is 5. The van der Waals surface area contributed by atoms with Gasteiger partial charge in [-0.25, -0.2) is 9.67 Å². The van der Waals surface area contributed by atoms with Crippen molar-refractivity contribution in [1.82, 2.24) is 14.8 Å². The van der Waals surface area contributed by atoms with Crippen LogP contribution >= 0.6 is 11.3 Å². The minimum Gasteiger partial charge on any atom is -0.362 e. The van der Waals surface area contributed by atoms with Gasteiger partial charge in [0.05, 0.1) is 16.6 Å². The smallest absolute Gasteiger partial charge is 0.267 e. The maximum atomic E-state index is 12.0. The Kier molecular flexibility index (Phi) is 4.76. The van der Waals surface area contributed by atoms with Crippen LogP contribution in [0.1, 0.15) is 26.8 Å². The van der Waals surface area contributed by atoms with Crippen LogP contribution in [0.25, 0.3) is 21.8 Å². The van der Waals surface area contributed by atoms with Gasteiger partial charge in [0, 0.05) is 18.2 Å². The van der Waals surface area contributed by atoms with E-state index in [9.17, 15) is 4.79 Å². The van der Waals surface area contributed by atoms with Crippen molar-refractivity contribution in [3.63, 3.8) is 0 Å². The van der Waals surface area contributed by atoms with Crippen LogP contribution in [-0.2, 0) is 0 Å². The monoisotopic (exact) mass is 340 g/mol. The maximum Gasteiger partial charge on any atom is 0.267 e. The molecule has 24 heavy (non-hydrogen) atoms. The van der Waals surface area contributed by atoms with Crippen molar-refractivity contribution < 1.29 is 0 Å². The molecule has 3 rings (SSSR count). The Morgan fingerprint density at radius 2 is 1.92 bits per heavy atom. The Labute approximate surface area is 145 Å². The molecule has 0 fully saturated rings. The van der Waals surface area contributed by atoms with Gasteiger partial charge in [0.25, 0.3) is 5.56 Å². The fraction of sp³-hybridized carbons (Fsp3) is 0.278. The summed E-state index contributed by atoms with van der Waals surface area (Å²) in [5.41, 5.74) is 2.60. The second-order valence-electron chi connectivity index (χ2n) is 5.69. The number of aromatic nitrogens is 3. The van der Waals surface area contributed by atoms with Crippen molar-refractivity contribution in [2.45, 2.75) is 26.8 Å². The number of benzene rings is 1. The van der Waals surface area contributed by atoms with Crippen LogP contribution in [0.3, 0.4) is 0 Å². The molecule has 0 bridgehead atoms. The summed E-state index contributed by atoms with van der Waals surface area (Å²) >= 11 is 1.56. The Morgan fingerprint density at radius 1 is 1.17 bits per heavy atom. The molecular formula is C18H20N4OS. The molecule has 5 nitrogen and oxygen atoms in total. The first kappa shape index (κ1) is 16.4. The van der Waals surface area contributed by atoms with Gasteiger partial charge >= 0.3 is 0 Å². The lowest BCUT2D eigenvalue weighted by atomic mass is 10.1. The van der Waals surface area contributed by atoms with E-state index in [1.165, 1.54) is 4.68 Å². The van der Waals surface area contributed by atoms with Crippen molar-refractivity contribution in [1.29, 1.82) is 0 Å². The molecule has 1 N–H and O–H groups in total. The van der Waals surface area contributed by atoms with Gasteiger partial charge in [0.1, 0.15) is 5.69 Å². The van der Waals surface area contributed by atoms with Crippen molar-refractivity contribution >= 4 is 16.5 Å². The second-order valence-corrected chi connectivity index (χ2v) is 6.69. The van der Waals surface area contributed by atoms with E-state index in [-0.39, 0.29) is 11.6 Å². The van der Waals surface area contributed by atoms with Gasteiger partial charge in [0.2, 0.25) is 0 Å². The predicted molar refractivity (Wildman–Crippen MR) is 99.6 cm³/mol. The molecule has 0 aliphatic heterocycles. The van der Waals surface area contributed by atoms with Crippen LogP contribution in [0.15, 0.2) is 47.3 Å². The molecule has 0 saturated carbocycles. The Balaban J connectivity index is 2.17. The van der Waals surface area contributed by atoms with Crippen LogP contribution in [0.2, 0.25) is 0 Å². The molecular weight excluding hydrogens is 320 g/mol. The summed E-state index contributed by atoms with van der Waals surface area (Å²) < 4.78 is 1.51. The lowest BCUT2D eigenvalue weighted by Gasteiger charge is -2.09. The number of nitrogens with one attached hydrogen (secondary N) is 1. The summed E-state index contributed by atoms with van der Waals surface area (Å²) in [5.74, 6) is 0. The fourth-order valence-corrected chi connectivity index (χ4v) is 3.45. The van der Waals surface area contributed by atoms with Gasteiger partial charge in [-0.1, -0.05) is 41.7 Å². The van der Waals surface area contributed by atoms with Crippen LogP contribution in [0, 0.1) is 0 Å². The molecule has 0 saturated heterocycles. The number of nitrogens with zero attached hydrogens (tertiary/aromatic N) is 3. The molecule has 0 spiro atoms. The summed E-state index contributed by atoms with van der Waals surface area (Å²) in [4.78, 5) is 17.7. The van der Waals surface area contributed by atoms with Crippen molar-refractivity contribution in [2.75, 3.05) is 11.9 Å². The first-order valence-corrected chi connectivity index (χ1v) is 8.82. The van der Waals surface area contributed by atoms with Crippen molar-refractivity contribution in [3.05, 3.63) is 52.8 Å². The van der Waals surface area contributed by atoms with E-state index in [0.29, 0.717) is 0 Å². The maximum absolute atomic E-state index is 12.0. The highest BCUT2D eigenvalue weighted by molar-refractivity contribution is 7.19. The minimum absolute atomic E-state index is 0.0128. The van der Waals surface area contributed by atoms with Gasteiger partial charge in [0.15, 0.2) is 5.13 Å². The number of anilines is 1. The molecule has 2 aromatic heterocycles. The van der Waals surface area contributed by atoms with Gasteiger partial charge in [-0.15, -0.1) is 0 Å². The summed E-state index contributed by atoms with van der Waals surface area (Å²) in [6.07, 6.45) is 0. The summed E-state index contributed by atoms with van der Waals surface area (Å²) in [5, 5.41) is 8.67. The highest BCUT2D eigenvalue weighted by atomic mass is 32.1. The topological polar surface area (TPSA) is 59.8 Å². The average molecular weight is 340 g/mol. The van der Waals surface area contributed by atoms with Crippen LogP contribution in [0.5, 0.6) is 0 Å². The summed E-state index contributed by atoms with van der Waals surface area (Å²) in [6.45, 7) is 6.75. The average Bonchev–Trinajstić information content (AvgIpc) is 3.00. The number of hydrogen-bond donors (Lipinski definition) is 1. The van der Waals surface area contributed by atoms with E-state index in [2.05, 4.69) is 10.4 Å². The van der Waals surface area contributed by atoms with Crippen LogP contribution < -0.4 is 10.9 Å². The lowest BCUT2D eigenvalue weighted by molar-refractivity contribution is 0.505. The standard InChI is InChI=1S/C18H20N4OS/c1-4-19-18-20-16(13-8-6-5-7-9-13)17(24-18)14-10-11-15(23)22(21-14)12(2)3/h5-12H,4H2,1-3H3,(H,19,20). The first-order chi connectivity index (χ1) is 11.6. The molecule has 0 radical (unpaired) electrons. The molecule has 3 aromatic rings. The van der Waals surface area contributed by atoms with Crippen LogP contribution in [0.4, 0.5) is 5.13 Å². The van der Waals surface area contributed by atoms with Crippen LogP contribution in [-0.4, -0.2) is 21.3 Å². The fourth-order valence-electron chi connectivity index (χ4n) is 2.43. The molecule has 1 aromatic carbocycles. The van der Waals surface area contributed by atoms with Gasteiger partial charge in [-0.05, 0) is 26.8 Å². The molecule has 0 aliphatic rings. The van der Waals surface area contributed by atoms with Gasteiger partial charge in [-0.2, -0.15) is 5.10 Å².